The molecule has 2 aliphatic heterocycles. The number of fused-ring (bicyclic) bond motifs is 2. The van der Waals surface area contributed by atoms with E-state index in [2.05, 4.69) is 20.9 Å². The monoisotopic (exact) mass is 596 g/mol. The third-order valence-electron chi connectivity index (χ3n) is 8.81. The molecule has 7 rings (SSSR count). The first-order chi connectivity index (χ1) is 21.2. The maximum Gasteiger partial charge on any atom is 0.262 e. The molecule has 0 unspecified atom stereocenters. The number of aliphatic hydroxyl groups excluding tert-OH is 1. The lowest BCUT2D eigenvalue weighted by atomic mass is 9.95. The van der Waals surface area contributed by atoms with Crippen LogP contribution < -0.4 is 9.64 Å². The van der Waals surface area contributed by atoms with E-state index >= 15 is 4.39 Å². The van der Waals surface area contributed by atoms with Gasteiger partial charge in [0.25, 0.3) is 5.91 Å². The number of nitrogens with zero attached hydrogens (tertiary/aromatic N) is 3. The second kappa shape index (κ2) is 11.1. The summed E-state index contributed by atoms with van der Waals surface area (Å²) in [5.74, 6) is 0.300. The second-order valence-corrected chi connectivity index (χ2v) is 12.8. The number of carbonyl (C=O) groups is 1. The summed E-state index contributed by atoms with van der Waals surface area (Å²) in [7, 11) is 0. The number of aliphatic hydroxyl groups is 2. The fourth-order valence-electron chi connectivity index (χ4n) is 6.58. The summed E-state index contributed by atoms with van der Waals surface area (Å²) in [6, 6.07) is 12.3. The number of hydrogen-bond donors (Lipinski definition) is 3. The number of pyridine rings is 1. The van der Waals surface area contributed by atoms with E-state index in [9.17, 15) is 15.0 Å². The molecule has 44 heavy (non-hydrogen) atoms. The highest BCUT2D eigenvalue weighted by Gasteiger charge is 2.31. The number of H-pyrrole nitrogens is 1. The number of rotatable bonds is 7. The van der Waals surface area contributed by atoms with Crippen molar-refractivity contribution in [3.05, 3.63) is 82.9 Å². The standard InChI is InChI=1S/C35H37FN4O4/c1-35(2,43)20-39-11-8-22(9-12-39)30-18-28-25(7-10-37-33(28)38-30)27-16-24(36)17-31(29(27)19-41)40-13-14-44-32-15-23(21-3-4-21)5-6-26(32)34(40)42/h5-8,10,15-18,21,41,43H,3-4,9,11-14,19-20H2,1-2H3,(H,37,38). The molecular formula is C35H37FN4O4. The minimum Gasteiger partial charge on any atom is -0.491 e. The van der Waals surface area contributed by atoms with Crippen molar-refractivity contribution in [1.29, 1.82) is 0 Å². The molecule has 2 aromatic carbocycles. The van der Waals surface area contributed by atoms with Crippen LogP contribution in [0.25, 0.3) is 27.7 Å². The highest BCUT2D eigenvalue weighted by molar-refractivity contribution is 6.09. The Kier molecular flexibility index (Phi) is 7.27. The van der Waals surface area contributed by atoms with Gasteiger partial charge in [0.15, 0.2) is 0 Å². The Hall–Kier alpha value is -4.05. The fourth-order valence-corrected chi connectivity index (χ4v) is 6.58. The molecule has 0 atom stereocenters. The smallest absolute Gasteiger partial charge is 0.262 e. The Morgan fingerprint density at radius 2 is 1.93 bits per heavy atom. The maximum atomic E-state index is 15.4. The van der Waals surface area contributed by atoms with Crippen molar-refractivity contribution in [2.75, 3.05) is 37.7 Å². The molecule has 2 aromatic heterocycles. The van der Waals surface area contributed by atoms with Gasteiger partial charge in [0, 0.05) is 42.5 Å². The molecule has 1 fully saturated rings. The van der Waals surface area contributed by atoms with E-state index in [1.54, 1.807) is 12.3 Å². The number of hydrogen-bond acceptors (Lipinski definition) is 6. The molecule has 8 nitrogen and oxygen atoms in total. The lowest BCUT2D eigenvalue weighted by molar-refractivity contribution is 0.0397. The third kappa shape index (κ3) is 5.51. The Bertz CT molecular complexity index is 1790. The zero-order valence-corrected chi connectivity index (χ0v) is 25.1. The molecular weight excluding hydrogens is 559 g/mol. The van der Waals surface area contributed by atoms with Gasteiger partial charge in [-0.25, -0.2) is 9.37 Å². The molecule has 1 aliphatic carbocycles. The SMILES string of the molecule is CC(C)(O)CN1CC=C(c2cc3c(-c4cc(F)cc(N5CCOc6cc(C7CC7)ccc6C5=O)c4CO)ccnc3[nH]2)CC1. The first-order valence-electron chi connectivity index (χ1n) is 15.3. The van der Waals surface area contributed by atoms with Gasteiger partial charge in [-0.15, -0.1) is 0 Å². The summed E-state index contributed by atoms with van der Waals surface area (Å²) in [4.78, 5) is 25.6. The van der Waals surface area contributed by atoms with E-state index in [1.165, 1.54) is 22.6 Å². The number of amides is 1. The largest absolute Gasteiger partial charge is 0.491 e. The van der Waals surface area contributed by atoms with E-state index in [0.29, 0.717) is 46.2 Å². The number of halogens is 1. The fraction of sp³-hybridized carbons (Fsp3) is 0.371. The van der Waals surface area contributed by atoms with Crippen molar-refractivity contribution < 1.29 is 24.1 Å². The van der Waals surface area contributed by atoms with Gasteiger partial charge in [0.1, 0.15) is 23.8 Å². The minimum absolute atomic E-state index is 0.223. The van der Waals surface area contributed by atoms with Crippen molar-refractivity contribution in [3.63, 3.8) is 0 Å². The number of nitrogens with one attached hydrogen (secondary N) is 1. The van der Waals surface area contributed by atoms with Gasteiger partial charge in [-0.3, -0.25) is 9.69 Å². The predicted molar refractivity (Wildman–Crippen MR) is 168 cm³/mol. The van der Waals surface area contributed by atoms with Gasteiger partial charge in [-0.1, -0.05) is 12.1 Å². The van der Waals surface area contributed by atoms with Crippen LogP contribution in [0.3, 0.4) is 0 Å². The molecule has 1 saturated carbocycles. The van der Waals surface area contributed by atoms with Crippen LogP contribution in [0, 0.1) is 5.82 Å². The van der Waals surface area contributed by atoms with Crippen LogP contribution in [-0.2, 0) is 6.61 Å². The molecule has 0 spiro atoms. The number of β-amino-alcohol motifs (C(OH)–C–C–N with tert-alkyl or cyclic N) is 1. The highest BCUT2D eigenvalue weighted by atomic mass is 19.1. The predicted octanol–water partition coefficient (Wildman–Crippen LogP) is 5.64. The third-order valence-corrected chi connectivity index (χ3v) is 8.81. The summed E-state index contributed by atoms with van der Waals surface area (Å²) >= 11 is 0. The molecule has 1 amide bonds. The number of benzene rings is 2. The average Bonchev–Trinajstić information content (AvgIpc) is 3.78. The van der Waals surface area contributed by atoms with Crippen LogP contribution in [-0.4, -0.2) is 69.4 Å². The van der Waals surface area contributed by atoms with Crippen molar-refractivity contribution in [2.45, 2.75) is 51.2 Å². The van der Waals surface area contributed by atoms with Crippen LogP contribution in [0.4, 0.5) is 10.1 Å². The Balaban J connectivity index is 1.25. The highest BCUT2D eigenvalue weighted by Crippen LogP contribution is 2.43. The Labute approximate surface area is 255 Å². The molecule has 3 N–H and O–H groups in total. The lowest BCUT2D eigenvalue weighted by Gasteiger charge is -2.31. The van der Waals surface area contributed by atoms with Crippen molar-refractivity contribution in [3.8, 4) is 16.9 Å². The number of ether oxygens (including phenoxy) is 1. The summed E-state index contributed by atoms with van der Waals surface area (Å²) < 4.78 is 21.4. The molecule has 4 heterocycles. The topological polar surface area (TPSA) is 102 Å². The van der Waals surface area contributed by atoms with E-state index in [1.807, 2.05) is 38.1 Å². The first kappa shape index (κ1) is 28.7. The summed E-state index contributed by atoms with van der Waals surface area (Å²) in [6.07, 6.45) is 6.94. The Morgan fingerprint density at radius 1 is 1.09 bits per heavy atom. The van der Waals surface area contributed by atoms with Gasteiger partial charge in [-0.05, 0) is 97.7 Å². The molecule has 0 radical (unpaired) electrons. The molecule has 4 aromatic rings. The van der Waals surface area contributed by atoms with Crippen molar-refractivity contribution >= 4 is 28.2 Å². The van der Waals surface area contributed by atoms with Crippen LogP contribution in [0.2, 0.25) is 0 Å². The quantitative estimate of drug-likeness (QED) is 0.255. The number of aromatic nitrogens is 2. The van der Waals surface area contributed by atoms with E-state index in [-0.39, 0.29) is 25.7 Å². The van der Waals surface area contributed by atoms with Crippen LogP contribution >= 0.6 is 0 Å². The van der Waals surface area contributed by atoms with Crippen LogP contribution in [0.1, 0.15) is 66.2 Å². The second-order valence-electron chi connectivity index (χ2n) is 12.8. The zero-order valence-electron chi connectivity index (χ0n) is 25.1. The van der Waals surface area contributed by atoms with Gasteiger partial charge in [0.2, 0.25) is 0 Å². The summed E-state index contributed by atoms with van der Waals surface area (Å²) in [6.45, 7) is 5.88. The van der Waals surface area contributed by atoms with Gasteiger partial charge < -0.3 is 24.8 Å². The zero-order chi connectivity index (χ0) is 30.6. The van der Waals surface area contributed by atoms with Crippen molar-refractivity contribution in [1.82, 2.24) is 14.9 Å². The maximum absolute atomic E-state index is 15.4. The minimum atomic E-state index is -0.757. The van der Waals surface area contributed by atoms with E-state index in [0.717, 1.165) is 54.6 Å². The van der Waals surface area contributed by atoms with Crippen LogP contribution in [0.5, 0.6) is 5.75 Å². The van der Waals surface area contributed by atoms with E-state index in [4.69, 9.17) is 4.74 Å². The molecule has 228 valence electrons. The van der Waals surface area contributed by atoms with E-state index < -0.39 is 11.4 Å². The van der Waals surface area contributed by atoms with Gasteiger partial charge >= 0.3 is 0 Å². The molecule has 3 aliphatic rings. The first-order valence-corrected chi connectivity index (χ1v) is 15.3. The summed E-state index contributed by atoms with van der Waals surface area (Å²) in [5.41, 5.74) is 5.63. The normalized spacial score (nSPS) is 17.8. The van der Waals surface area contributed by atoms with Gasteiger partial charge in [-0.2, -0.15) is 0 Å². The Morgan fingerprint density at radius 3 is 2.66 bits per heavy atom. The number of aromatic amines is 1. The molecule has 0 saturated heterocycles. The van der Waals surface area contributed by atoms with Crippen LogP contribution in [0.15, 0.2) is 54.7 Å². The lowest BCUT2D eigenvalue weighted by Crippen LogP contribution is -2.40. The number of carbonyl (C=O) groups excluding carboxylic acids is 1. The van der Waals surface area contributed by atoms with Crippen molar-refractivity contribution in [2.24, 2.45) is 0 Å². The molecule has 9 heteroatoms. The summed E-state index contributed by atoms with van der Waals surface area (Å²) in [5, 5.41) is 21.7. The number of anilines is 1. The van der Waals surface area contributed by atoms with Gasteiger partial charge in [0.05, 0.1) is 30.0 Å². The molecule has 0 bridgehead atoms. The average molecular weight is 597 g/mol.